The normalized spacial score (nSPS) is 10.1. The van der Waals surface area contributed by atoms with E-state index >= 15 is 0 Å². The Morgan fingerprint density at radius 2 is 1.78 bits per heavy atom. The zero-order valence-corrected chi connectivity index (χ0v) is 9.67. The van der Waals surface area contributed by atoms with Gasteiger partial charge in [0.25, 0.3) is 0 Å². The molecule has 0 fully saturated rings. The topological polar surface area (TPSA) is 60.4 Å². The summed E-state index contributed by atoms with van der Waals surface area (Å²) < 4.78 is 4.96. The minimum Gasteiger partial charge on any atom is -0.427 e. The van der Waals surface area contributed by atoms with Crippen molar-refractivity contribution in [2.75, 3.05) is 0 Å². The second-order valence-corrected chi connectivity index (χ2v) is 3.80. The molecule has 4 nitrogen and oxygen atoms in total. The van der Waals surface area contributed by atoms with Crippen molar-refractivity contribution < 1.29 is 19.1 Å². The van der Waals surface area contributed by atoms with Crippen molar-refractivity contribution in [2.45, 2.75) is 6.92 Å². The van der Waals surface area contributed by atoms with E-state index in [2.05, 4.69) is 0 Å². The lowest BCUT2D eigenvalue weighted by molar-refractivity contribution is -0.131. The van der Waals surface area contributed by atoms with Gasteiger partial charge in [-0.15, -0.1) is 0 Å². The van der Waals surface area contributed by atoms with Crippen LogP contribution in [0.3, 0.4) is 0 Å². The van der Waals surface area contributed by atoms with Crippen molar-refractivity contribution in [3.8, 4) is 5.75 Å². The molecule has 0 saturated heterocycles. The van der Waals surface area contributed by atoms with Gasteiger partial charge in [-0.2, -0.15) is 0 Å². The zero-order chi connectivity index (χ0) is 13.1. The number of Topliss-reactive ketones (excluding diaryl/α,β-unsaturated/α-hetero) is 1. The lowest BCUT2D eigenvalue weighted by Crippen LogP contribution is -2.01. The van der Waals surface area contributed by atoms with Crippen LogP contribution in [0.15, 0.2) is 36.4 Å². The fourth-order valence-corrected chi connectivity index (χ4v) is 1.68. The Labute approximate surface area is 103 Å². The number of hydrogen-bond acceptors (Lipinski definition) is 4. The quantitative estimate of drug-likeness (QED) is 0.272. The van der Waals surface area contributed by atoms with Gasteiger partial charge in [-0.3, -0.25) is 14.4 Å². The second-order valence-electron chi connectivity index (χ2n) is 3.80. The Morgan fingerprint density at radius 1 is 1.06 bits per heavy atom. The highest BCUT2D eigenvalue weighted by molar-refractivity contribution is 6.33. The van der Waals surface area contributed by atoms with E-state index in [1.807, 2.05) is 0 Å². The molecule has 0 aromatic heterocycles. The monoisotopic (exact) mass is 242 g/mol. The van der Waals surface area contributed by atoms with Gasteiger partial charge in [0.1, 0.15) is 5.75 Å². The number of ether oxygens (including phenoxy) is 1. The minimum atomic E-state index is -0.574. The fourth-order valence-electron chi connectivity index (χ4n) is 1.68. The summed E-state index contributed by atoms with van der Waals surface area (Å²) in [5.41, 5.74) is 0.317. The number of benzene rings is 2. The third-order valence-corrected chi connectivity index (χ3v) is 2.46. The highest BCUT2D eigenvalue weighted by Gasteiger charge is 2.06. The standard InChI is InChI=1S/C14H10O4/c1-9(16)18-13-5-4-10-2-3-11(14(17)8-15)6-12(10)7-13/h2-8H,1H3. The Morgan fingerprint density at radius 3 is 2.44 bits per heavy atom. The van der Waals surface area contributed by atoms with E-state index in [1.165, 1.54) is 6.92 Å². The van der Waals surface area contributed by atoms with E-state index in [0.717, 1.165) is 10.8 Å². The molecular weight excluding hydrogens is 232 g/mol. The largest absolute Gasteiger partial charge is 0.427 e. The summed E-state index contributed by atoms with van der Waals surface area (Å²) in [5, 5.41) is 1.63. The first-order valence-electron chi connectivity index (χ1n) is 5.32. The number of carbonyl (C=O) groups is 3. The van der Waals surface area contributed by atoms with E-state index < -0.39 is 11.8 Å². The molecule has 0 bridgehead atoms. The Balaban J connectivity index is 2.49. The van der Waals surface area contributed by atoms with Crippen LogP contribution in [-0.2, 0) is 9.59 Å². The number of carbonyl (C=O) groups excluding carboxylic acids is 3. The first-order chi connectivity index (χ1) is 8.60. The van der Waals surface area contributed by atoms with Gasteiger partial charge in [-0.05, 0) is 29.0 Å². The number of aldehydes is 1. The van der Waals surface area contributed by atoms with E-state index in [9.17, 15) is 14.4 Å². The predicted octanol–water partition coefficient (Wildman–Crippen LogP) is 2.15. The van der Waals surface area contributed by atoms with E-state index in [0.29, 0.717) is 11.3 Å². The summed E-state index contributed by atoms with van der Waals surface area (Å²) in [6.45, 7) is 1.32. The van der Waals surface area contributed by atoms with Crippen LogP contribution in [0, 0.1) is 0 Å². The molecular formula is C14H10O4. The van der Waals surface area contributed by atoms with Gasteiger partial charge >= 0.3 is 5.97 Å². The Kier molecular flexibility index (Phi) is 3.19. The van der Waals surface area contributed by atoms with Gasteiger partial charge in [0.15, 0.2) is 6.29 Å². The van der Waals surface area contributed by atoms with Crippen LogP contribution in [0.5, 0.6) is 5.75 Å². The summed E-state index contributed by atoms with van der Waals surface area (Å²) in [7, 11) is 0. The summed E-state index contributed by atoms with van der Waals surface area (Å²) in [6.07, 6.45) is 0.275. The molecule has 0 radical (unpaired) electrons. The van der Waals surface area contributed by atoms with E-state index in [4.69, 9.17) is 4.74 Å². The van der Waals surface area contributed by atoms with Gasteiger partial charge in [0.2, 0.25) is 5.78 Å². The van der Waals surface area contributed by atoms with Gasteiger partial charge < -0.3 is 4.74 Å². The molecule has 0 aliphatic heterocycles. The van der Waals surface area contributed by atoms with Crippen LogP contribution >= 0.6 is 0 Å². The van der Waals surface area contributed by atoms with Crippen molar-refractivity contribution in [3.63, 3.8) is 0 Å². The smallest absolute Gasteiger partial charge is 0.308 e. The molecule has 2 rings (SSSR count). The molecule has 0 amide bonds. The minimum absolute atomic E-state index is 0.275. The van der Waals surface area contributed by atoms with E-state index in [1.54, 1.807) is 36.4 Å². The maximum Gasteiger partial charge on any atom is 0.308 e. The average Bonchev–Trinajstić information content (AvgIpc) is 2.36. The van der Waals surface area contributed by atoms with Gasteiger partial charge in [-0.1, -0.05) is 18.2 Å². The molecule has 2 aromatic carbocycles. The summed E-state index contributed by atoms with van der Waals surface area (Å²) in [5.74, 6) is -0.574. The zero-order valence-electron chi connectivity index (χ0n) is 9.67. The van der Waals surface area contributed by atoms with Crippen molar-refractivity contribution in [1.82, 2.24) is 0 Å². The lowest BCUT2D eigenvalue weighted by atomic mass is 10.0. The number of fused-ring (bicyclic) bond motifs is 1. The van der Waals surface area contributed by atoms with E-state index in [-0.39, 0.29) is 6.29 Å². The molecule has 0 aliphatic rings. The van der Waals surface area contributed by atoms with Crippen LogP contribution in [0.4, 0.5) is 0 Å². The first kappa shape index (κ1) is 12.0. The molecule has 18 heavy (non-hydrogen) atoms. The van der Waals surface area contributed by atoms with Gasteiger partial charge in [0.05, 0.1) is 0 Å². The van der Waals surface area contributed by atoms with Crippen LogP contribution in [0.25, 0.3) is 10.8 Å². The molecule has 4 heteroatoms. The van der Waals surface area contributed by atoms with Gasteiger partial charge in [0, 0.05) is 12.5 Å². The summed E-state index contributed by atoms with van der Waals surface area (Å²) in [6, 6.07) is 10.0. The van der Waals surface area contributed by atoms with Crippen LogP contribution in [0.1, 0.15) is 17.3 Å². The molecule has 0 atom stereocenters. The number of rotatable bonds is 3. The molecule has 0 unspecified atom stereocenters. The number of esters is 1. The van der Waals surface area contributed by atoms with Crippen LogP contribution in [-0.4, -0.2) is 18.0 Å². The predicted molar refractivity (Wildman–Crippen MR) is 65.7 cm³/mol. The van der Waals surface area contributed by atoms with Gasteiger partial charge in [-0.25, -0.2) is 0 Å². The third kappa shape index (κ3) is 2.43. The highest BCUT2D eigenvalue weighted by Crippen LogP contribution is 2.22. The summed E-state index contributed by atoms with van der Waals surface area (Å²) in [4.78, 5) is 32.5. The lowest BCUT2D eigenvalue weighted by Gasteiger charge is -2.04. The van der Waals surface area contributed by atoms with Crippen LogP contribution < -0.4 is 4.74 Å². The maximum absolute atomic E-state index is 11.3. The summed E-state index contributed by atoms with van der Waals surface area (Å²) >= 11 is 0. The Hall–Kier alpha value is -2.49. The Bertz CT molecular complexity index is 643. The van der Waals surface area contributed by atoms with Crippen LogP contribution in [0.2, 0.25) is 0 Å². The molecule has 0 aliphatic carbocycles. The first-order valence-corrected chi connectivity index (χ1v) is 5.32. The number of hydrogen-bond donors (Lipinski definition) is 0. The van der Waals surface area contributed by atoms with Crippen molar-refractivity contribution >= 4 is 28.8 Å². The molecule has 90 valence electrons. The van der Waals surface area contributed by atoms with Crippen molar-refractivity contribution in [1.29, 1.82) is 0 Å². The maximum atomic E-state index is 11.3. The molecule has 0 spiro atoms. The van der Waals surface area contributed by atoms with Crippen molar-refractivity contribution in [3.05, 3.63) is 42.0 Å². The highest BCUT2D eigenvalue weighted by atomic mass is 16.5. The second kappa shape index (κ2) is 4.79. The van der Waals surface area contributed by atoms with Crippen molar-refractivity contribution in [2.24, 2.45) is 0 Å². The number of ketones is 1. The third-order valence-electron chi connectivity index (χ3n) is 2.46. The molecule has 0 N–H and O–H groups in total. The fraction of sp³-hybridized carbons (Fsp3) is 0.0714. The molecule has 2 aromatic rings. The SMILES string of the molecule is CC(=O)Oc1ccc2ccc(C(=O)C=O)cc2c1. The molecule has 0 heterocycles. The average molecular weight is 242 g/mol. The molecule has 0 saturated carbocycles.